The number of nitrogens with zero attached hydrogens (tertiary/aromatic N) is 3. The second-order valence-corrected chi connectivity index (χ2v) is 10.6. The van der Waals surface area contributed by atoms with Crippen LogP contribution in [-0.2, 0) is 4.79 Å². The number of rotatable bonds is 9. The molecule has 38 heavy (non-hydrogen) atoms. The van der Waals surface area contributed by atoms with E-state index < -0.39 is 0 Å². The van der Waals surface area contributed by atoms with Gasteiger partial charge in [-0.25, -0.2) is 4.98 Å². The second-order valence-electron chi connectivity index (χ2n) is 10.6. The minimum Gasteiger partial charge on any atom is -0.343 e. The van der Waals surface area contributed by atoms with Gasteiger partial charge in [-0.2, -0.15) is 0 Å². The Balaban J connectivity index is 1.30. The summed E-state index contributed by atoms with van der Waals surface area (Å²) in [5.74, 6) is 1.32. The molecule has 1 aliphatic carbocycles. The average molecular weight is 505 g/mol. The third-order valence-electron chi connectivity index (χ3n) is 7.65. The molecule has 0 radical (unpaired) electrons. The Morgan fingerprint density at radius 2 is 2.03 bits per heavy atom. The number of hydrogen-bond donors (Lipinski definition) is 1. The van der Waals surface area contributed by atoms with Gasteiger partial charge in [-0.3, -0.25) is 14.8 Å². The lowest BCUT2D eigenvalue weighted by Crippen LogP contribution is -2.05. The molecule has 0 saturated heterocycles. The maximum absolute atomic E-state index is 12.1. The van der Waals surface area contributed by atoms with E-state index in [1.807, 2.05) is 31.3 Å². The smallest absolute Gasteiger partial charge is 0.155 e. The number of allylic oxidation sites excluding steroid dienone is 4. The zero-order chi connectivity index (χ0) is 26.5. The van der Waals surface area contributed by atoms with Gasteiger partial charge in [-0.1, -0.05) is 44.6 Å². The van der Waals surface area contributed by atoms with Crippen molar-refractivity contribution in [2.75, 3.05) is 0 Å². The lowest BCUT2D eigenvalue weighted by atomic mass is 9.85. The summed E-state index contributed by atoms with van der Waals surface area (Å²) in [5.41, 5.74) is 8.26. The maximum atomic E-state index is 12.1. The lowest BCUT2D eigenvalue weighted by molar-refractivity contribution is -0.115. The third-order valence-corrected chi connectivity index (χ3v) is 7.65. The first-order valence-corrected chi connectivity index (χ1v) is 13.8. The van der Waals surface area contributed by atoms with Crippen LogP contribution in [0, 0.1) is 18.8 Å². The fourth-order valence-electron chi connectivity index (χ4n) is 5.16. The highest BCUT2D eigenvalue weighted by molar-refractivity contribution is 5.90. The standard InChI is InChI=1S/C33H36N4O/c1-4-22(2)17-29(38)9-6-8-24-11-13-25(14-12-24)28-19-27-18-26(15-16-30(27)34-20-28)32-33(36-21-35-32)31-10-5-7-23(3)37-31/h5-7,9-10,13,15-16,18-22,24H,4,8,11-12,14,17H2,1-3H3,(H,35,36)/b9-6+/t22?,24-/m0/s1. The summed E-state index contributed by atoms with van der Waals surface area (Å²) in [6, 6.07) is 14.6. The number of hydrogen-bond acceptors (Lipinski definition) is 4. The molecule has 0 fully saturated rings. The SMILES string of the molecule is CCC(C)CC(=O)/C=C/C[C@H]1CC=C(c2cnc3ccc(-c4nc[nH]c4-c4cccc(C)n4)cc3c2)CC1. The van der Waals surface area contributed by atoms with Crippen LogP contribution in [0.5, 0.6) is 0 Å². The van der Waals surface area contributed by atoms with Gasteiger partial charge in [0.05, 0.1) is 28.9 Å². The van der Waals surface area contributed by atoms with E-state index in [0.29, 0.717) is 18.3 Å². The number of carbonyl (C=O) groups excluding carboxylic acids is 1. The van der Waals surface area contributed by atoms with Gasteiger partial charge in [0.1, 0.15) is 0 Å². The Bertz CT molecular complexity index is 1500. The first kappa shape index (κ1) is 25.8. The van der Waals surface area contributed by atoms with Gasteiger partial charge in [0, 0.05) is 29.3 Å². The summed E-state index contributed by atoms with van der Waals surface area (Å²) in [5, 5.41) is 1.11. The fraction of sp³-hybridized carbons (Fsp3) is 0.333. The van der Waals surface area contributed by atoms with E-state index in [9.17, 15) is 4.79 Å². The van der Waals surface area contributed by atoms with Crippen molar-refractivity contribution < 1.29 is 4.79 Å². The van der Waals surface area contributed by atoms with Crippen LogP contribution in [0.1, 0.15) is 63.6 Å². The molecule has 3 aromatic heterocycles. The lowest BCUT2D eigenvalue weighted by Gasteiger charge is -2.21. The number of imidazole rings is 1. The van der Waals surface area contributed by atoms with E-state index in [1.54, 1.807) is 12.4 Å². The molecule has 0 spiro atoms. The maximum Gasteiger partial charge on any atom is 0.155 e. The number of benzene rings is 1. The van der Waals surface area contributed by atoms with Gasteiger partial charge >= 0.3 is 0 Å². The van der Waals surface area contributed by atoms with Crippen molar-refractivity contribution in [3.05, 3.63) is 84.5 Å². The summed E-state index contributed by atoms with van der Waals surface area (Å²) < 4.78 is 0. The minimum atomic E-state index is 0.255. The Kier molecular flexibility index (Phi) is 7.92. The molecule has 1 unspecified atom stereocenters. The first-order valence-electron chi connectivity index (χ1n) is 13.8. The molecule has 2 atom stereocenters. The van der Waals surface area contributed by atoms with Gasteiger partial charge in [0.15, 0.2) is 5.78 Å². The van der Waals surface area contributed by atoms with E-state index in [0.717, 1.165) is 71.3 Å². The monoisotopic (exact) mass is 504 g/mol. The largest absolute Gasteiger partial charge is 0.343 e. The van der Waals surface area contributed by atoms with E-state index in [1.165, 1.54) is 11.1 Å². The topological polar surface area (TPSA) is 71.5 Å². The average Bonchev–Trinajstić information content (AvgIpc) is 3.43. The summed E-state index contributed by atoms with van der Waals surface area (Å²) in [7, 11) is 0. The third kappa shape index (κ3) is 5.99. The molecule has 4 aromatic rings. The normalized spacial score (nSPS) is 16.6. The number of fused-ring (bicyclic) bond motifs is 1. The summed E-state index contributed by atoms with van der Waals surface area (Å²) >= 11 is 0. The number of aromatic amines is 1. The van der Waals surface area contributed by atoms with E-state index in [-0.39, 0.29) is 5.78 Å². The molecule has 1 N–H and O–H groups in total. The van der Waals surface area contributed by atoms with Gasteiger partial charge in [-0.15, -0.1) is 0 Å². The zero-order valence-corrected chi connectivity index (χ0v) is 22.6. The van der Waals surface area contributed by atoms with Gasteiger partial charge in [-0.05, 0) is 92.0 Å². The van der Waals surface area contributed by atoms with Crippen molar-refractivity contribution in [1.82, 2.24) is 19.9 Å². The molecule has 5 nitrogen and oxygen atoms in total. The number of nitrogens with one attached hydrogen (secondary N) is 1. The molecule has 1 aliphatic rings. The zero-order valence-electron chi connectivity index (χ0n) is 22.6. The Hall–Kier alpha value is -3.86. The van der Waals surface area contributed by atoms with Crippen LogP contribution < -0.4 is 0 Å². The number of H-pyrrole nitrogens is 1. The van der Waals surface area contributed by atoms with Crippen LogP contribution in [-0.4, -0.2) is 25.7 Å². The number of aryl methyl sites for hydroxylation is 1. The molecule has 5 rings (SSSR count). The Morgan fingerprint density at radius 1 is 1.16 bits per heavy atom. The number of aromatic nitrogens is 4. The van der Waals surface area contributed by atoms with Crippen molar-refractivity contribution in [1.29, 1.82) is 0 Å². The molecule has 0 amide bonds. The van der Waals surface area contributed by atoms with Gasteiger partial charge < -0.3 is 4.98 Å². The van der Waals surface area contributed by atoms with Crippen LogP contribution in [0.15, 0.2) is 73.2 Å². The van der Waals surface area contributed by atoms with Crippen LogP contribution in [0.3, 0.4) is 0 Å². The van der Waals surface area contributed by atoms with Crippen molar-refractivity contribution >= 4 is 22.3 Å². The van der Waals surface area contributed by atoms with Gasteiger partial charge in [0.25, 0.3) is 0 Å². The molecular weight excluding hydrogens is 468 g/mol. The van der Waals surface area contributed by atoms with Crippen LogP contribution >= 0.6 is 0 Å². The van der Waals surface area contributed by atoms with Crippen LogP contribution in [0.4, 0.5) is 0 Å². The predicted octanol–water partition coefficient (Wildman–Crippen LogP) is 8.13. The highest BCUT2D eigenvalue weighted by Gasteiger charge is 2.16. The Morgan fingerprint density at radius 3 is 2.82 bits per heavy atom. The molecule has 194 valence electrons. The van der Waals surface area contributed by atoms with Crippen LogP contribution in [0.25, 0.3) is 39.1 Å². The number of carbonyl (C=O) groups is 1. The minimum absolute atomic E-state index is 0.255. The van der Waals surface area contributed by atoms with Gasteiger partial charge in [0.2, 0.25) is 0 Å². The highest BCUT2D eigenvalue weighted by Crippen LogP contribution is 2.34. The molecule has 0 saturated carbocycles. The van der Waals surface area contributed by atoms with Crippen molar-refractivity contribution in [3.63, 3.8) is 0 Å². The number of pyridine rings is 2. The Labute approximate surface area is 225 Å². The highest BCUT2D eigenvalue weighted by atomic mass is 16.1. The van der Waals surface area contributed by atoms with E-state index in [2.05, 4.69) is 65.2 Å². The quantitative estimate of drug-likeness (QED) is 0.234. The summed E-state index contributed by atoms with van der Waals surface area (Å²) in [4.78, 5) is 29.4. The van der Waals surface area contributed by atoms with Crippen molar-refractivity contribution in [3.8, 4) is 22.6 Å². The van der Waals surface area contributed by atoms with E-state index >= 15 is 0 Å². The molecular formula is C33H36N4O. The first-order chi connectivity index (χ1) is 18.5. The molecule has 0 bridgehead atoms. The van der Waals surface area contributed by atoms with Crippen molar-refractivity contribution in [2.45, 2.75) is 59.3 Å². The number of ketones is 1. The predicted molar refractivity (Wildman–Crippen MR) is 155 cm³/mol. The summed E-state index contributed by atoms with van der Waals surface area (Å²) in [6.07, 6.45) is 15.9. The molecule has 1 aromatic carbocycles. The molecule has 5 heteroatoms. The molecule has 3 heterocycles. The van der Waals surface area contributed by atoms with E-state index in [4.69, 9.17) is 4.98 Å². The molecule has 0 aliphatic heterocycles. The van der Waals surface area contributed by atoms with Crippen LogP contribution in [0.2, 0.25) is 0 Å². The summed E-state index contributed by atoms with van der Waals surface area (Å²) in [6.45, 7) is 6.27. The fourth-order valence-corrected chi connectivity index (χ4v) is 5.16. The van der Waals surface area contributed by atoms with Crippen molar-refractivity contribution in [2.24, 2.45) is 11.8 Å². The second kappa shape index (κ2) is 11.7.